The zero-order chi connectivity index (χ0) is 17.1. The number of nitrogens with one attached hydrogen (secondary N) is 1. The summed E-state index contributed by atoms with van der Waals surface area (Å²) >= 11 is 0. The van der Waals surface area contributed by atoms with E-state index >= 15 is 0 Å². The summed E-state index contributed by atoms with van der Waals surface area (Å²) in [5.74, 6) is 0.124. The molecule has 2 fully saturated rings. The molecule has 4 rings (SSSR count). The lowest BCUT2D eigenvalue weighted by molar-refractivity contribution is -0.124. The van der Waals surface area contributed by atoms with Gasteiger partial charge in [-0.25, -0.2) is 0 Å². The van der Waals surface area contributed by atoms with Crippen molar-refractivity contribution in [3.05, 3.63) is 71.8 Å². The van der Waals surface area contributed by atoms with Gasteiger partial charge in [-0.3, -0.25) is 9.80 Å². The fraction of sp³-hybridized carbons (Fsp3) is 0.333. The van der Waals surface area contributed by atoms with Crippen LogP contribution in [0.4, 0.5) is 0 Å². The summed E-state index contributed by atoms with van der Waals surface area (Å²) in [6.07, 6.45) is 5.21. The summed E-state index contributed by atoms with van der Waals surface area (Å²) in [6.45, 7) is 0.940. The molecule has 2 atom stereocenters. The van der Waals surface area contributed by atoms with Crippen molar-refractivity contribution < 1.29 is 4.79 Å². The van der Waals surface area contributed by atoms with Gasteiger partial charge in [0.15, 0.2) is 0 Å². The van der Waals surface area contributed by atoms with E-state index in [9.17, 15) is 4.79 Å². The van der Waals surface area contributed by atoms with E-state index in [1.165, 1.54) is 11.1 Å². The number of hydrogen-bond acceptors (Lipinski definition) is 3. The molecule has 0 spiro atoms. The van der Waals surface area contributed by atoms with Crippen molar-refractivity contribution >= 4 is 12.1 Å². The van der Waals surface area contributed by atoms with Crippen LogP contribution in [0.5, 0.6) is 0 Å². The third kappa shape index (κ3) is 3.73. The Morgan fingerprint density at radius 2 is 1.84 bits per heavy atom. The first-order chi connectivity index (χ1) is 12.2. The average molecular weight is 333 g/mol. The third-order valence-electron chi connectivity index (χ3n) is 5.00. The molecule has 0 aliphatic carbocycles. The Labute approximate surface area is 148 Å². The Bertz CT molecular complexity index is 759. The molecule has 1 N–H and O–H groups in total. The van der Waals surface area contributed by atoms with Gasteiger partial charge in [0.1, 0.15) is 0 Å². The highest BCUT2D eigenvalue weighted by molar-refractivity contribution is 5.85. The Kier molecular flexibility index (Phi) is 4.26. The Morgan fingerprint density at radius 1 is 1.12 bits per heavy atom. The number of piperidine rings is 1. The lowest BCUT2D eigenvalue weighted by Crippen LogP contribution is -2.54. The molecule has 2 saturated heterocycles. The molecule has 0 saturated carbocycles. The highest BCUT2D eigenvalue weighted by atomic mass is 16.1. The van der Waals surface area contributed by atoms with Gasteiger partial charge in [0.05, 0.1) is 24.3 Å². The van der Waals surface area contributed by atoms with Crippen LogP contribution in [0.15, 0.2) is 65.8 Å². The smallest absolute Gasteiger partial charge is 0.220 e. The minimum absolute atomic E-state index is 0.124. The molecule has 2 aromatic rings. The molecule has 25 heavy (non-hydrogen) atoms. The van der Waals surface area contributed by atoms with Crippen molar-refractivity contribution in [2.24, 2.45) is 5.10 Å². The molecular formula is C21H23N3O. The Morgan fingerprint density at radius 3 is 2.56 bits per heavy atom. The van der Waals surface area contributed by atoms with Gasteiger partial charge in [-0.15, -0.1) is 0 Å². The van der Waals surface area contributed by atoms with Crippen LogP contribution < -0.4 is 5.32 Å². The molecule has 2 aromatic carbocycles. The second kappa shape index (κ2) is 6.71. The predicted molar refractivity (Wildman–Crippen MR) is 99.3 cm³/mol. The minimum atomic E-state index is -0.374. The third-order valence-corrected chi connectivity index (χ3v) is 5.00. The predicted octanol–water partition coefficient (Wildman–Crippen LogP) is 3.31. The summed E-state index contributed by atoms with van der Waals surface area (Å²) < 4.78 is 0. The topological polar surface area (TPSA) is 44.5 Å². The fourth-order valence-electron chi connectivity index (χ4n) is 3.60. The van der Waals surface area contributed by atoms with Gasteiger partial charge in [-0.05, 0) is 24.0 Å². The van der Waals surface area contributed by atoms with E-state index < -0.39 is 0 Å². The number of nitrogens with zero attached hydrogens (tertiary/aromatic N) is 2. The summed E-state index contributed by atoms with van der Waals surface area (Å²) in [5.41, 5.74) is 2.14. The molecule has 0 radical (unpaired) electrons. The van der Waals surface area contributed by atoms with Crippen LogP contribution in [-0.4, -0.2) is 29.2 Å². The van der Waals surface area contributed by atoms with Crippen LogP contribution in [-0.2, 0) is 11.2 Å². The zero-order valence-corrected chi connectivity index (χ0v) is 14.3. The molecule has 128 valence electrons. The van der Waals surface area contributed by atoms with Gasteiger partial charge in [-0.1, -0.05) is 60.7 Å². The SMILES string of the molecule is O=C1CCCC(/C=N/N2CC2c2ccccc2)(Cc2ccccc2)N1. The van der Waals surface area contributed by atoms with Crippen LogP contribution in [0.25, 0.3) is 0 Å². The Hall–Kier alpha value is -2.62. The molecule has 2 unspecified atom stereocenters. The number of carbonyl (C=O) groups excluding carboxylic acids is 1. The molecule has 2 aliphatic heterocycles. The van der Waals surface area contributed by atoms with E-state index in [-0.39, 0.29) is 11.4 Å². The maximum atomic E-state index is 12.0. The normalized spacial score (nSPS) is 25.8. The van der Waals surface area contributed by atoms with Crippen molar-refractivity contribution in [1.29, 1.82) is 0 Å². The van der Waals surface area contributed by atoms with Crippen LogP contribution in [0.2, 0.25) is 0 Å². The summed E-state index contributed by atoms with van der Waals surface area (Å²) in [4.78, 5) is 12.0. The van der Waals surface area contributed by atoms with E-state index in [0.29, 0.717) is 12.5 Å². The Balaban J connectivity index is 1.50. The van der Waals surface area contributed by atoms with Gasteiger partial charge in [0.2, 0.25) is 5.91 Å². The van der Waals surface area contributed by atoms with Crippen molar-refractivity contribution in [3.8, 4) is 0 Å². The van der Waals surface area contributed by atoms with Crippen LogP contribution in [0.1, 0.15) is 36.4 Å². The number of amides is 1. The lowest BCUT2D eigenvalue weighted by Gasteiger charge is -2.35. The van der Waals surface area contributed by atoms with Crippen LogP contribution >= 0.6 is 0 Å². The fourth-order valence-corrected chi connectivity index (χ4v) is 3.60. The second-order valence-electron chi connectivity index (χ2n) is 7.01. The highest BCUT2D eigenvalue weighted by Crippen LogP contribution is 2.35. The molecule has 4 nitrogen and oxygen atoms in total. The lowest BCUT2D eigenvalue weighted by atomic mass is 9.84. The van der Waals surface area contributed by atoms with Gasteiger partial charge < -0.3 is 5.32 Å². The van der Waals surface area contributed by atoms with Gasteiger partial charge in [0, 0.05) is 12.8 Å². The largest absolute Gasteiger partial charge is 0.345 e. The second-order valence-corrected chi connectivity index (χ2v) is 7.01. The summed E-state index contributed by atoms with van der Waals surface area (Å²) in [7, 11) is 0. The average Bonchev–Trinajstić information content (AvgIpc) is 3.42. The summed E-state index contributed by atoms with van der Waals surface area (Å²) in [5, 5.41) is 10.0. The van der Waals surface area contributed by atoms with E-state index in [4.69, 9.17) is 5.10 Å². The zero-order valence-electron chi connectivity index (χ0n) is 14.3. The van der Waals surface area contributed by atoms with Crippen LogP contribution in [0, 0.1) is 0 Å². The van der Waals surface area contributed by atoms with E-state index in [0.717, 1.165) is 25.8 Å². The van der Waals surface area contributed by atoms with Gasteiger partial charge in [-0.2, -0.15) is 5.10 Å². The molecule has 4 heteroatoms. The molecule has 2 heterocycles. The number of rotatable bonds is 5. The van der Waals surface area contributed by atoms with Crippen molar-refractivity contribution in [3.63, 3.8) is 0 Å². The maximum Gasteiger partial charge on any atom is 0.220 e. The number of hydrazone groups is 1. The maximum absolute atomic E-state index is 12.0. The van der Waals surface area contributed by atoms with E-state index in [2.05, 4.69) is 46.7 Å². The molecule has 2 aliphatic rings. The van der Waals surface area contributed by atoms with E-state index in [1.807, 2.05) is 30.5 Å². The number of hydrogen-bond donors (Lipinski definition) is 1. The van der Waals surface area contributed by atoms with Crippen molar-refractivity contribution in [2.45, 2.75) is 37.3 Å². The first-order valence-electron chi connectivity index (χ1n) is 8.96. The standard InChI is InChI=1S/C21H23N3O/c25-20-12-7-13-21(23-20,14-17-8-3-1-4-9-17)16-22-24-15-19(24)18-10-5-2-6-11-18/h1-6,8-11,16,19H,7,12-15H2,(H,23,25)/b22-16+. The highest BCUT2D eigenvalue weighted by Gasteiger charge is 2.37. The molecular weight excluding hydrogens is 310 g/mol. The quantitative estimate of drug-likeness (QED) is 0.674. The molecule has 0 bridgehead atoms. The number of benzene rings is 2. The first-order valence-corrected chi connectivity index (χ1v) is 8.96. The number of carbonyl (C=O) groups is 1. The van der Waals surface area contributed by atoms with Crippen molar-refractivity contribution in [1.82, 2.24) is 10.3 Å². The van der Waals surface area contributed by atoms with E-state index in [1.54, 1.807) is 0 Å². The van der Waals surface area contributed by atoms with Crippen molar-refractivity contribution in [2.75, 3.05) is 6.54 Å². The summed E-state index contributed by atoms with van der Waals surface area (Å²) in [6, 6.07) is 21.1. The van der Waals surface area contributed by atoms with Crippen LogP contribution in [0.3, 0.4) is 0 Å². The molecule has 0 aromatic heterocycles. The molecule has 1 amide bonds. The van der Waals surface area contributed by atoms with Gasteiger partial charge >= 0.3 is 0 Å². The minimum Gasteiger partial charge on any atom is -0.345 e. The van der Waals surface area contributed by atoms with Gasteiger partial charge in [0.25, 0.3) is 0 Å². The monoisotopic (exact) mass is 333 g/mol. The first kappa shape index (κ1) is 15.9.